The van der Waals surface area contributed by atoms with Crippen molar-refractivity contribution in [3.05, 3.63) is 34.6 Å². The molecule has 3 rings (SSSR count). The molecule has 1 saturated heterocycles. The number of nitrogens with one attached hydrogen (secondary N) is 1. The van der Waals surface area contributed by atoms with Gasteiger partial charge in [-0.3, -0.25) is 9.69 Å². The monoisotopic (exact) mass is 282 g/mol. The fourth-order valence-corrected chi connectivity index (χ4v) is 2.78. The van der Waals surface area contributed by atoms with E-state index in [9.17, 15) is 9.18 Å². The smallest absolute Gasteiger partial charge is 0.254 e. The Balaban J connectivity index is 1.63. The van der Waals surface area contributed by atoms with Crippen molar-refractivity contribution in [3.63, 3.8) is 0 Å². The van der Waals surface area contributed by atoms with E-state index in [-0.39, 0.29) is 17.5 Å². The van der Waals surface area contributed by atoms with Crippen molar-refractivity contribution in [2.75, 3.05) is 13.1 Å². The molecule has 0 bridgehead atoms. The largest absolute Gasteiger partial charge is 0.348 e. The van der Waals surface area contributed by atoms with Crippen LogP contribution in [-0.4, -0.2) is 36.0 Å². The van der Waals surface area contributed by atoms with Gasteiger partial charge in [0.1, 0.15) is 5.82 Å². The predicted molar refractivity (Wildman–Crippen MR) is 71.9 cm³/mol. The first-order chi connectivity index (χ1) is 9.13. The van der Waals surface area contributed by atoms with E-state index >= 15 is 0 Å². The molecule has 1 aliphatic heterocycles. The van der Waals surface area contributed by atoms with E-state index in [1.165, 1.54) is 31.0 Å². The molecule has 1 aromatic rings. The van der Waals surface area contributed by atoms with E-state index < -0.39 is 5.82 Å². The van der Waals surface area contributed by atoms with Crippen molar-refractivity contribution in [3.8, 4) is 0 Å². The van der Waals surface area contributed by atoms with Gasteiger partial charge >= 0.3 is 0 Å². The molecular formula is C14H16ClFN2O. The minimum atomic E-state index is -0.529. The molecule has 2 fully saturated rings. The van der Waals surface area contributed by atoms with Gasteiger partial charge in [-0.1, -0.05) is 11.6 Å². The first-order valence-corrected chi connectivity index (χ1v) is 7.01. The number of halogens is 2. The SMILES string of the molecule is O=C(NC1CCN(C2CC2)C1)c1cc(Cl)ccc1F. The second kappa shape index (κ2) is 5.10. The first kappa shape index (κ1) is 12.9. The highest BCUT2D eigenvalue weighted by atomic mass is 35.5. The minimum absolute atomic E-state index is 0.0253. The topological polar surface area (TPSA) is 32.3 Å². The van der Waals surface area contributed by atoms with Crippen LogP contribution >= 0.6 is 11.6 Å². The van der Waals surface area contributed by atoms with Gasteiger partial charge in [0.05, 0.1) is 5.56 Å². The summed E-state index contributed by atoms with van der Waals surface area (Å²) in [5.74, 6) is -0.901. The molecule has 1 N–H and O–H groups in total. The lowest BCUT2D eigenvalue weighted by atomic mass is 10.1. The van der Waals surface area contributed by atoms with E-state index in [1.54, 1.807) is 0 Å². The van der Waals surface area contributed by atoms with Gasteiger partial charge in [0.2, 0.25) is 0 Å². The van der Waals surface area contributed by atoms with Gasteiger partial charge in [-0.2, -0.15) is 0 Å². The summed E-state index contributed by atoms with van der Waals surface area (Å²) in [7, 11) is 0. The third kappa shape index (κ3) is 2.90. The summed E-state index contributed by atoms with van der Waals surface area (Å²) in [6, 6.07) is 4.87. The van der Waals surface area contributed by atoms with Gasteiger partial charge < -0.3 is 5.32 Å². The molecule has 1 aromatic carbocycles. The van der Waals surface area contributed by atoms with Crippen molar-refractivity contribution in [1.82, 2.24) is 10.2 Å². The van der Waals surface area contributed by atoms with Crippen molar-refractivity contribution in [2.45, 2.75) is 31.3 Å². The Labute approximate surface area is 116 Å². The maximum Gasteiger partial charge on any atom is 0.254 e. The fourth-order valence-electron chi connectivity index (χ4n) is 2.61. The second-order valence-corrected chi connectivity index (χ2v) is 5.75. The Morgan fingerprint density at radius 2 is 2.16 bits per heavy atom. The van der Waals surface area contributed by atoms with Gasteiger partial charge in [-0.25, -0.2) is 4.39 Å². The maximum atomic E-state index is 13.6. The summed E-state index contributed by atoms with van der Waals surface area (Å²) in [5, 5.41) is 3.27. The molecule has 1 amide bonds. The average molecular weight is 283 g/mol. The van der Waals surface area contributed by atoms with Crippen molar-refractivity contribution >= 4 is 17.5 Å². The number of benzene rings is 1. The van der Waals surface area contributed by atoms with Gasteiger partial charge in [0.15, 0.2) is 0 Å². The molecule has 1 heterocycles. The Hall–Kier alpha value is -1.13. The predicted octanol–water partition coefficient (Wildman–Crippen LogP) is 2.45. The summed E-state index contributed by atoms with van der Waals surface area (Å²) < 4.78 is 13.6. The number of amides is 1. The average Bonchev–Trinajstić information content (AvgIpc) is 3.13. The highest BCUT2D eigenvalue weighted by Gasteiger charge is 2.35. The summed E-state index contributed by atoms with van der Waals surface area (Å²) in [6.07, 6.45) is 3.47. The molecule has 0 aromatic heterocycles. The van der Waals surface area contributed by atoms with Gasteiger partial charge in [0.25, 0.3) is 5.91 Å². The fraction of sp³-hybridized carbons (Fsp3) is 0.500. The van der Waals surface area contributed by atoms with Crippen LogP contribution in [-0.2, 0) is 0 Å². The number of carbonyl (C=O) groups excluding carboxylic acids is 1. The minimum Gasteiger partial charge on any atom is -0.348 e. The lowest BCUT2D eigenvalue weighted by Crippen LogP contribution is -2.37. The normalized spacial score (nSPS) is 23.6. The molecule has 1 aliphatic carbocycles. The summed E-state index contributed by atoms with van der Waals surface area (Å²) >= 11 is 5.80. The van der Waals surface area contributed by atoms with E-state index in [0.717, 1.165) is 19.5 Å². The van der Waals surface area contributed by atoms with Crippen LogP contribution in [0.1, 0.15) is 29.6 Å². The number of likely N-dealkylation sites (tertiary alicyclic amines) is 1. The van der Waals surface area contributed by atoms with Crippen LogP contribution < -0.4 is 5.32 Å². The van der Waals surface area contributed by atoms with Crippen LogP contribution in [0.25, 0.3) is 0 Å². The molecule has 1 unspecified atom stereocenters. The molecule has 1 saturated carbocycles. The number of hydrogen-bond donors (Lipinski definition) is 1. The van der Waals surface area contributed by atoms with Crippen LogP contribution in [0.15, 0.2) is 18.2 Å². The summed E-state index contributed by atoms with van der Waals surface area (Å²) in [6.45, 7) is 1.90. The first-order valence-electron chi connectivity index (χ1n) is 6.63. The van der Waals surface area contributed by atoms with Gasteiger partial charge in [-0.05, 0) is 37.5 Å². The molecule has 2 aliphatic rings. The zero-order valence-corrected chi connectivity index (χ0v) is 11.3. The summed E-state index contributed by atoms with van der Waals surface area (Å²) in [5.41, 5.74) is 0.0253. The maximum absolute atomic E-state index is 13.6. The highest BCUT2D eigenvalue weighted by Crippen LogP contribution is 2.29. The molecule has 3 nitrogen and oxygen atoms in total. The Morgan fingerprint density at radius 3 is 2.89 bits per heavy atom. The molecule has 0 spiro atoms. The lowest BCUT2D eigenvalue weighted by Gasteiger charge is -2.16. The number of rotatable bonds is 3. The van der Waals surface area contributed by atoms with Crippen molar-refractivity contribution < 1.29 is 9.18 Å². The van der Waals surface area contributed by atoms with Crippen molar-refractivity contribution in [2.24, 2.45) is 0 Å². The molecule has 1 atom stereocenters. The van der Waals surface area contributed by atoms with E-state index in [4.69, 9.17) is 11.6 Å². The molecule has 0 radical (unpaired) electrons. The Bertz CT molecular complexity index is 504. The third-order valence-electron chi connectivity index (χ3n) is 3.79. The van der Waals surface area contributed by atoms with Gasteiger partial charge in [-0.15, -0.1) is 0 Å². The summed E-state index contributed by atoms with van der Waals surface area (Å²) in [4.78, 5) is 14.4. The number of carbonyl (C=O) groups is 1. The lowest BCUT2D eigenvalue weighted by molar-refractivity contribution is 0.0933. The Morgan fingerprint density at radius 1 is 1.37 bits per heavy atom. The molecular weight excluding hydrogens is 267 g/mol. The zero-order chi connectivity index (χ0) is 13.4. The quantitative estimate of drug-likeness (QED) is 0.924. The van der Waals surface area contributed by atoms with Crippen LogP contribution in [0.5, 0.6) is 0 Å². The van der Waals surface area contributed by atoms with Crippen LogP contribution in [0.3, 0.4) is 0 Å². The zero-order valence-electron chi connectivity index (χ0n) is 10.5. The molecule has 5 heteroatoms. The van der Waals surface area contributed by atoms with Crippen LogP contribution in [0.4, 0.5) is 4.39 Å². The third-order valence-corrected chi connectivity index (χ3v) is 4.03. The number of nitrogens with zero attached hydrogens (tertiary/aromatic N) is 1. The van der Waals surface area contributed by atoms with E-state index in [2.05, 4.69) is 10.2 Å². The van der Waals surface area contributed by atoms with Gasteiger partial charge in [0, 0.05) is 30.2 Å². The molecule has 19 heavy (non-hydrogen) atoms. The second-order valence-electron chi connectivity index (χ2n) is 5.31. The standard InChI is InChI=1S/C14H16ClFN2O/c15-9-1-4-13(16)12(7-9)14(19)17-10-5-6-18(8-10)11-2-3-11/h1,4,7,10-11H,2-3,5-6,8H2,(H,17,19). The van der Waals surface area contributed by atoms with Crippen molar-refractivity contribution in [1.29, 1.82) is 0 Å². The van der Waals surface area contributed by atoms with E-state index in [1.807, 2.05) is 0 Å². The van der Waals surface area contributed by atoms with Crippen LogP contribution in [0.2, 0.25) is 5.02 Å². The molecule has 102 valence electrons. The number of hydrogen-bond acceptors (Lipinski definition) is 2. The van der Waals surface area contributed by atoms with Crippen LogP contribution in [0, 0.1) is 5.82 Å². The Kier molecular flexibility index (Phi) is 3.46. The van der Waals surface area contributed by atoms with E-state index in [0.29, 0.717) is 11.1 Å². The highest BCUT2D eigenvalue weighted by molar-refractivity contribution is 6.31.